The summed E-state index contributed by atoms with van der Waals surface area (Å²) in [6.45, 7) is 7.14. The van der Waals surface area contributed by atoms with Crippen molar-refractivity contribution < 1.29 is 19.5 Å². The number of rotatable bonds is 6. The van der Waals surface area contributed by atoms with Crippen LogP contribution in [-0.2, 0) is 9.39 Å². The first-order valence-electron chi connectivity index (χ1n) is 4.94. The molecule has 5 heteroatoms. The van der Waals surface area contributed by atoms with Crippen molar-refractivity contribution in [1.29, 1.82) is 0 Å². The molecule has 2 N–H and O–H groups in total. The molecular formula is C10H21BO4. The summed E-state index contributed by atoms with van der Waals surface area (Å²) in [5.74, 6) is 1.48. The van der Waals surface area contributed by atoms with Gasteiger partial charge in [-0.15, -0.1) is 0 Å². The molecule has 0 aromatic carbocycles. The minimum Gasteiger partial charge on any atom is -0.423 e. The van der Waals surface area contributed by atoms with Gasteiger partial charge in [-0.1, -0.05) is 12.1 Å². The van der Waals surface area contributed by atoms with Crippen LogP contribution in [0.25, 0.3) is 0 Å². The number of ether oxygens (including phenoxy) is 1. The third kappa shape index (κ3) is 5.32. The maximum atomic E-state index is 9.78. The minimum absolute atomic E-state index is 0.420. The highest BCUT2D eigenvalue weighted by Gasteiger charge is 2.38. The third-order valence-corrected chi connectivity index (χ3v) is 2.45. The van der Waals surface area contributed by atoms with Gasteiger partial charge in [0.1, 0.15) is 0 Å². The Morgan fingerprint density at radius 1 is 1.27 bits per heavy atom. The Labute approximate surface area is 92.0 Å². The van der Waals surface area contributed by atoms with Gasteiger partial charge in [0.15, 0.2) is 0 Å². The average molecular weight is 216 g/mol. The largest absolute Gasteiger partial charge is 0.483 e. The van der Waals surface area contributed by atoms with Crippen LogP contribution in [0, 0.1) is 0 Å². The maximum Gasteiger partial charge on any atom is 0.483 e. The zero-order chi connectivity index (χ0) is 12.1. The predicted octanol–water partition coefficient (Wildman–Crippen LogP) is 0.775. The van der Waals surface area contributed by atoms with Gasteiger partial charge in [-0.25, -0.2) is 0 Å². The van der Waals surface area contributed by atoms with E-state index in [0.29, 0.717) is 6.61 Å². The number of aliphatic hydroxyl groups is 1. The van der Waals surface area contributed by atoms with Crippen molar-refractivity contribution in [3.05, 3.63) is 12.1 Å². The van der Waals surface area contributed by atoms with E-state index in [1.165, 1.54) is 5.98 Å². The molecule has 88 valence electrons. The molecule has 0 heterocycles. The Bertz CT molecular complexity index is 208. The molecule has 0 aromatic rings. The van der Waals surface area contributed by atoms with Gasteiger partial charge in [0, 0.05) is 7.11 Å². The van der Waals surface area contributed by atoms with E-state index in [-0.39, 0.29) is 0 Å². The van der Waals surface area contributed by atoms with Gasteiger partial charge in [-0.05, 0) is 27.7 Å². The van der Waals surface area contributed by atoms with Crippen molar-refractivity contribution in [3.63, 3.8) is 0 Å². The van der Waals surface area contributed by atoms with Gasteiger partial charge in [-0.2, -0.15) is 0 Å². The summed E-state index contributed by atoms with van der Waals surface area (Å²) >= 11 is 0. The molecule has 15 heavy (non-hydrogen) atoms. The molecule has 0 bridgehead atoms. The normalized spacial score (nSPS) is 13.5. The average Bonchev–Trinajstić information content (AvgIpc) is 2.01. The summed E-state index contributed by atoms with van der Waals surface area (Å²) < 4.78 is 10.1. The van der Waals surface area contributed by atoms with Gasteiger partial charge >= 0.3 is 7.12 Å². The summed E-state index contributed by atoms with van der Waals surface area (Å²) in [4.78, 5) is 0. The molecule has 0 aromatic heterocycles. The first-order chi connectivity index (χ1) is 6.70. The number of hydrogen-bond donors (Lipinski definition) is 2. The van der Waals surface area contributed by atoms with Crippen molar-refractivity contribution in [2.75, 3.05) is 13.7 Å². The van der Waals surface area contributed by atoms with Crippen LogP contribution in [0.2, 0.25) is 0 Å². The molecule has 0 amide bonds. The fraction of sp³-hybridized carbons (Fsp3) is 0.800. The fourth-order valence-corrected chi connectivity index (χ4v) is 0.754. The zero-order valence-corrected chi connectivity index (χ0v) is 10.2. The minimum atomic E-state index is -1.04. The van der Waals surface area contributed by atoms with Crippen molar-refractivity contribution in [2.45, 2.75) is 38.9 Å². The van der Waals surface area contributed by atoms with E-state index in [1.807, 2.05) is 0 Å². The van der Waals surface area contributed by atoms with Crippen LogP contribution in [-0.4, -0.2) is 42.2 Å². The fourth-order valence-electron chi connectivity index (χ4n) is 0.754. The van der Waals surface area contributed by atoms with Crippen LogP contribution in [0.3, 0.4) is 0 Å². The Morgan fingerprint density at radius 2 is 1.80 bits per heavy atom. The Balaban J connectivity index is 4.22. The highest BCUT2D eigenvalue weighted by atomic mass is 16.5. The Morgan fingerprint density at radius 3 is 2.20 bits per heavy atom. The molecule has 0 saturated carbocycles. The van der Waals surface area contributed by atoms with E-state index in [9.17, 15) is 10.1 Å². The Hall–Kier alpha value is -0.355. The van der Waals surface area contributed by atoms with E-state index in [4.69, 9.17) is 9.39 Å². The summed E-state index contributed by atoms with van der Waals surface area (Å²) in [5, 5.41) is 19.3. The van der Waals surface area contributed by atoms with E-state index >= 15 is 0 Å². The first-order valence-corrected chi connectivity index (χ1v) is 4.94. The number of methoxy groups -OCH3 is 1. The highest BCUT2D eigenvalue weighted by molar-refractivity contribution is 6.49. The summed E-state index contributed by atoms with van der Waals surface area (Å²) in [6.07, 6.45) is 1.66. The second-order valence-corrected chi connectivity index (χ2v) is 4.46. The molecule has 0 aliphatic carbocycles. The van der Waals surface area contributed by atoms with Crippen LogP contribution in [0.15, 0.2) is 12.1 Å². The topological polar surface area (TPSA) is 58.9 Å². The van der Waals surface area contributed by atoms with Gasteiger partial charge in [0.05, 0.1) is 17.8 Å². The molecule has 0 rings (SSSR count). The molecule has 0 saturated heterocycles. The second-order valence-electron chi connectivity index (χ2n) is 4.46. The molecule has 0 spiro atoms. The van der Waals surface area contributed by atoms with Gasteiger partial charge in [0.2, 0.25) is 0 Å². The zero-order valence-electron chi connectivity index (χ0n) is 10.2. The molecule has 0 unspecified atom stereocenters. The van der Waals surface area contributed by atoms with Gasteiger partial charge in [-0.3, -0.25) is 0 Å². The Kier molecular flexibility index (Phi) is 5.52. The van der Waals surface area contributed by atoms with Crippen molar-refractivity contribution in [2.24, 2.45) is 0 Å². The summed E-state index contributed by atoms with van der Waals surface area (Å²) in [7, 11) is 0.528. The van der Waals surface area contributed by atoms with Crippen molar-refractivity contribution in [3.8, 4) is 0 Å². The predicted molar refractivity (Wildman–Crippen MR) is 60.5 cm³/mol. The molecule has 0 fully saturated rings. The standard InChI is InChI=1S/C10H21BO4/c1-9(2,12)10(3,4)15-11(13)7-6-8-14-5/h6-7,12-13H,8H2,1-5H3/b7-6+. The number of hydrogen-bond acceptors (Lipinski definition) is 4. The molecular weight excluding hydrogens is 195 g/mol. The molecule has 0 atom stereocenters. The lowest BCUT2D eigenvalue weighted by Crippen LogP contribution is -2.50. The maximum absolute atomic E-state index is 9.78. The SMILES string of the molecule is COC/C=C/B(O)OC(C)(C)C(C)(C)O. The first kappa shape index (κ1) is 14.6. The molecule has 4 nitrogen and oxygen atoms in total. The van der Waals surface area contributed by atoms with Crippen LogP contribution in [0.4, 0.5) is 0 Å². The van der Waals surface area contributed by atoms with Gasteiger partial charge < -0.3 is 19.5 Å². The van der Waals surface area contributed by atoms with Crippen LogP contribution in [0.5, 0.6) is 0 Å². The quantitative estimate of drug-likeness (QED) is 0.644. The smallest absolute Gasteiger partial charge is 0.423 e. The lowest BCUT2D eigenvalue weighted by molar-refractivity contribution is -0.0985. The van der Waals surface area contributed by atoms with Crippen LogP contribution >= 0.6 is 0 Å². The highest BCUT2D eigenvalue weighted by Crippen LogP contribution is 2.25. The van der Waals surface area contributed by atoms with E-state index in [2.05, 4.69) is 0 Å². The van der Waals surface area contributed by atoms with Crippen LogP contribution < -0.4 is 0 Å². The summed E-state index contributed by atoms with van der Waals surface area (Å²) in [5.41, 5.74) is -1.85. The molecule has 0 radical (unpaired) electrons. The molecule has 0 aliphatic heterocycles. The monoisotopic (exact) mass is 216 g/mol. The van der Waals surface area contributed by atoms with Crippen LogP contribution in [0.1, 0.15) is 27.7 Å². The van der Waals surface area contributed by atoms with E-state index in [1.54, 1.807) is 40.9 Å². The van der Waals surface area contributed by atoms with Crippen molar-refractivity contribution in [1.82, 2.24) is 0 Å². The third-order valence-electron chi connectivity index (χ3n) is 2.45. The van der Waals surface area contributed by atoms with Crippen molar-refractivity contribution >= 4 is 7.12 Å². The second kappa shape index (κ2) is 5.65. The van der Waals surface area contributed by atoms with E-state index < -0.39 is 18.3 Å². The van der Waals surface area contributed by atoms with E-state index in [0.717, 1.165) is 0 Å². The lowest BCUT2D eigenvalue weighted by Gasteiger charge is -2.38. The summed E-state index contributed by atoms with van der Waals surface area (Å²) in [6, 6.07) is 0. The molecule has 0 aliphatic rings. The van der Waals surface area contributed by atoms with Gasteiger partial charge in [0.25, 0.3) is 0 Å². The lowest BCUT2D eigenvalue weighted by atomic mass is 9.83.